The monoisotopic (exact) mass is 422 g/mol. The van der Waals surface area contributed by atoms with E-state index in [9.17, 15) is 14.7 Å². The third-order valence-corrected chi connectivity index (χ3v) is 5.79. The first-order valence-electron chi connectivity index (χ1n) is 9.18. The lowest BCUT2D eigenvalue weighted by molar-refractivity contribution is -0.122. The SMILES string of the molecule is O=C(CSc1ncc(CO)n1CC(=O)NC1CCCC1)Nc1ccc(Cl)cc1. The first-order chi connectivity index (χ1) is 13.5. The zero-order valence-corrected chi connectivity index (χ0v) is 16.9. The summed E-state index contributed by atoms with van der Waals surface area (Å²) in [6, 6.07) is 7.09. The fourth-order valence-corrected chi connectivity index (χ4v) is 4.07. The van der Waals surface area contributed by atoms with Crippen LogP contribution < -0.4 is 10.6 Å². The standard InChI is InChI=1S/C19H23ClN4O3S/c20-13-5-7-15(8-6-13)23-18(27)12-28-19-21-9-16(11-25)24(19)10-17(26)22-14-3-1-2-4-14/h5-9,14,25H,1-4,10-12H2,(H,22,26)(H,23,27). The topological polar surface area (TPSA) is 96.2 Å². The summed E-state index contributed by atoms with van der Waals surface area (Å²) in [6.07, 6.45) is 5.83. The predicted octanol–water partition coefficient (Wildman–Crippen LogP) is 2.82. The molecule has 28 heavy (non-hydrogen) atoms. The Morgan fingerprint density at radius 3 is 2.61 bits per heavy atom. The number of imidazole rings is 1. The van der Waals surface area contributed by atoms with E-state index >= 15 is 0 Å². The number of carbonyl (C=O) groups excluding carboxylic acids is 2. The highest BCUT2D eigenvalue weighted by Gasteiger charge is 2.19. The van der Waals surface area contributed by atoms with Crippen LogP contribution in [0.4, 0.5) is 5.69 Å². The molecule has 1 fully saturated rings. The molecule has 0 bridgehead atoms. The minimum absolute atomic E-state index is 0.0769. The molecule has 2 amide bonds. The molecule has 0 saturated heterocycles. The molecule has 1 heterocycles. The molecule has 7 nitrogen and oxygen atoms in total. The number of hydrogen-bond acceptors (Lipinski definition) is 5. The van der Waals surface area contributed by atoms with Crippen LogP contribution in [-0.2, 0) is 22.7 Å². The lowest BCUT2D eigenvalue weighted by Crippen LogP contribution is -2.35. The average Bonchev–Trinajstić information content (AvgIpc) is 3.31. The number of halogens is 1. The van der Waals surface area contributed by atoms with Crippen molar-refractivity contribution in [3.05, 3.63) is 41.2 Å². The van der Waals surface area contributed by atoms with Crippen molar-refractivity contribution in [2.24, 2.45) is 0 Å². The Hall–Kier alpha value is -2.03. The molecule has 2 aromatic rings. The average molecular weight is 423 g/mol. The zero-order chi connectivity index (χ0) is 19.9. The van der Waals surface area contributed by atoms with E-state index in [0.717, 1.165) is 25.7 Å². The van der Waals surface area contributed by atoms with Gasteiger partial charge in [-0.3, -0.25) is 9.59 Å². The molecule has 1 aromatic carbocycles. The quantitative estimate of drug-likeness (QED) is 0.568. The minimum Gasteiger partial charge on any atom is -0.390 e. The maximum Gasteiger partial charge on any atom is 0.240 e. The lowest BCUT2D eigenvalue weighted by Gasteiger charge is -2.14. The molecule has 3 N–H and O–H groups in total. The number of nitrogens with one attached hydrogen (secondary N) is 2. The van der Waals surface area contributed by atoms with E-state index in [1.807, 2.05) is 0 Å². The molecule has 1 aliphatic carbocycles. The Labute approximate surface area is 172 Å². The molecule has 150 valence electrons. The summed E-state index contributed by atoms with van der Waals surface area (Å²) < 4.78 is 1.66. The van der Waals surface area contributed by atoms with Crippen molar-refractivity contribution in [2.45, 2.75) is 50.0 Å². The van der Waals surface area contributed by atoms with Crippen molar-refractivity contribution < 1.29 is 14.7 Å². The van der Waals surface area contributed by atoms with Gasteiger partial charge in [0.25, 0.3) is 0 Å². The van der Waals surface area contributed by atoms with Crippen molar-refractivity contribution in [1.82, 2.24) is 14.9 Å². The third-order valence-electron chi connectivity index (χ3n) is 4.55. The van der Waals surface area contributed by atoms with Gasteiger partial charge in [-0.05, 0) is 37.1 Å². The van der Waals surface area contributed by atoms with Crippen molar-refractivity contribution in [3.8, 4) is 0 Å². The molecule has 1 saturated carbocycles. The number of benzene rings is 1. The number of carbonyl (C=O) groups is 2. The molecule has 3 rings (SSSR count). The molecule has 0 unspecified atom stereocenters. The summed E-state index contributed by atoms with van der Waals surface area (Å²) in [5.74, 6) is -0.163. The van der Waals surface area contributed by atoms with Gasteiger partial charge in [0.05, 0.1) is 24.3 Å². The molecule has 1 aromatic heterocycles. The van der Waals surface area contributed by atoms with Crippen LogP contribution in [0.15, 0.2) is 35.6 Å². The van der Waals surface area contributed by atoms with Crippen LogP contribution in [0, 0.1) is 0 Å². The number of aliphatic hydroxyl groups is 1. The third kappa shape index (κ3) is 5.73. The molecular formula is C19H23ClN4O3S. The fraction of sp³-hybridized carbons (Fsp3) is 0.421. The van der Waals surface area contributed by atoms with Crippen LogP contribution in [0.1, 0.15) is 31.4 Å². The maximum atomic E-state index is 12.4. The van der Waals surface area contributed by atoms with Crippen LogP contribution in [0.2, 0.25) is 5.02 Å². The lowest BCUT2D eigenvalue weighted by atomic mass is 10.2. The molecule has 1 aliphatic rings. The highest BCUT2D eigenvalue weighted by molar-refractivity contribution is 7.99. The largest absolute Gasteiger partial charge is 0.390 e. The van der Waals surface area contributed by atoms with Crippen molar-refractivity contribution in [2.75, 3.05) is 11.1 Å². The van der Waals surface area contributed by atoms with E-state index in [-0.39, 0.29) is 36.8 Å². The van der Waals surface area contributed by atoms with Crippen LogP contribution in [-0.4, -0.2) is 38.3 Å². The van der Waals surface area contributed by atoms with Gasteiger partial charge in [0.15, 0.2) is 5.16 Å². The van der Waals surface area contributed by atoms with E-state index in [0.29, 0.717) is 21.6 Å². The number of thioether (sulfide) groups is 1. The van der Waals surface area contributed by atoms with Crippen LogP contribution in [0.25, 0.3) is 0 Å². The fourth-order valence-electron chi connectivity index (χ4n) is 3.15. The molecule has 0 atom stereocenters. The summed E-state index contributed by atoms with van der Waals surface area (Å²) in [5, 5.41) is 16.5. The number of aromatic nitrogens is 2. The summed E-state index contributed by atoms with van der Waals surface area (Å²) in [5.41, 5.74) is 1.20. The number of anilines is 1. The second kappa shape index (κ2) is 9.95. The molecule has 0 spiro atoms. The summed E-state index contributed by atoms with van der Waals surface area (Å²) >= 11 is 7.06. The van der Waals surface area contributed by atoms with Gasteiger partial charge < -0.3 is 20.3 Å². The van der Waals surface area contributed by atoms with Gasteiger partial charge in [-0.1, -0.05) is 36.2 Å². The van der Waals surface area contributed by atoms with Crippen molar-refractivity contribution in [1.29, 1.82) is 0 Å². The Morgan fingerprint density at radius 1 is 1.21 bits per heavy atom. The maximum absolute atomic E-state index is 12.4. The van der Waals surface area contributed by atoms with E-state index in [1.54, 1.807) is 28.8 Å². The van der Waals surface area contributed by atoms with Crippen LogP contribution in [0.5, 0.6) is 0 Å². The van der Waals surface area contributed by atoms with Crippen LogP contribution in [0.3, 0.4) is 0 Å². The zero-order valence-electron chi connectivity index (χ0n) is 15.4. The Balaban J connectivity index is 1.57. The van der Waals surface area contributed by atoms with Gasteiger partial charge in [-0.2, -0.15) is 0 Å². The van der Waals surface area contributed by atoms with Gasteiger partial charge >= 0.3 is 0 Å². The second-order valence-electron chi connectivity index (χ2n) is 6.67. The minimum atomic E-state index is -0.221. The van der Waals surface area contributed by atoms with Gasteiger partial charge in [-0.25, -0.2) is 4.98 Å². The number of amides is 2. The first-order valence-corrected chi connectivity index (χ1v) is 10.5. The smallest absolute Gasteiger partial charge is 0.240 e. The molecule has 9 heteroatoms. The number of aliphatic hydroxyl groups excluding tert-OH is 1. The molecular weight excluding hydrogens is 400 g/mol. The summed E-state index contributed by atoms with van der Waals surface area (Å²) in [6.45, 7) is -0.144. The number of rotatable bonds is 8. The highest BCUT2D eigenvalue weighted by Crippen LogP contribution is 2.21. The summed E-state index contributed by atoms with van der Waals surface area (Å²) in [7, 11) is 0. The van der Waals surface area contributed by atoms with Crippen molar-refractivity contribution in [3.63, 3.8) is 0 Å². The van der Waals surface area contributed by atoms with E-state index in [4.69, 9.17) is 11.6 Å². The molecule has 0 aliphatic heterocycles. The number of hydrogen-bond donors (Lipinski definition) is 3. The van der Waals surface area contributed by atoms with Gasteiger partial charge in [0.1, 0.15) is 6.54 Å². The second-order valence-corrected chi connectivity index (χ2v) is 8.05. The normalized spacial score (nSPS) is 14.2. The van der Waals surface area contributed by atoms with Crippen LogP contribution >= 0.6 is 23.4 Å². The predicted molar refractivity (Wildman–Crippen MR) is 109 cm³/mol. The molecule has 0 radical (unpaired) electrons. The highest BCUT2D eigenvalue weighted by atomic mass is 35.5. The Morgan fingerprint density at radius 2 is 1.93 bits per heavy atom. The summed E-state index contributed by atoms with van der Waals surface area (Å²) in [4.78, 5) is 28.8. The first kappa shape index (κ1) is 20.7. The Kier molecular flexibility index (Phi) is 7.36. The van der Waals surface area contributed by atoms with Gasteiger partial charge in [0, 0.05) is 16.8 Å². The van der Waals surface area contributed by atoms with Gasteiger partial charge in [0.2, 0.25) is 11.8 Å². The van der Waals surface area contributed by atoms with E-state index in [1.165, 1.54) is 18.0 Å². The Bertz CT molecular complexity index is 819. The van der Waals surface area contributed by atoms with E-state index < -0.39 is 0 Å². The van der Waals surface area contributed by atoms with E-state index in [2.05, 4.69) is 15.6 Å². The number of nitrogens with zero attached hydrogens (tertiary/aromatic N) is 2. The van der Waals surface area contributed by atoms with Crippen molar-refractivity contribution >= 4 is 40.9 Å². The van der Waals surface area contributed by atoms with Gasteiger partial charge in [-0.15, -0.1) is 0 Å².